The van der Waals surface area contributed by atoms with Gasteiger partial charge in [-0.3, -0.25) is 4.79 Å². The first-order chi connectivity index (χ1) is 5.81. The molecule has 2 rings (SSSR count). The van der Waals surface area contributed by atoms with Gasteiger partial charge in [0.2, 0.25) is 0 Å². The lowest BCUT2D eigenvalue weighted by atomic mass is 10.5. The Morgan fingerprint density at radius 2 is 2.42 bits per heavy atom. The van der Waals surface area contributed by atoms with Crippen molar-refractivity contribution in [2.75, 3.05) is 0 Å². The largest absolute Gasteiger partial charge is 0.339 e. The van der Waals surface area contributed by atoms with Crippen molar-refractivity contribution in [2.24, 2.45) is 0 Å². The van der Waals surface area contributed by atoms with Gasteiger partial charge in [0, 0.05) is 0 Å². The van der Waals surface area contributed by atoms with Gasteiger partial charge in [-0.2, -0.15) is 5.10 Å². The molecule has 0 aromatic carbocycles. The third-order valence-electron chi connectivity index (χ3n) is 1.48. The molecule has 6 heteroatoms. The SMILES string of the molecule is O=c1[nH]ncc2[nH]c(CCl)nc12. The summed E-state index contributed by atoms with van der Waals surface area (Å²) in [4.78, 5) is 17.9. The Hall–Kier alpha value is -1.36. The van der Waals surface area contributed by atoms with Crippen LogP contribution >= 0.6 is 11.6 Å². The lowest BCUT2D eigenvalue weighted by molar-refractivity contribution is 1.01. The number of aromatic nitrogens is 4. The second-order valence-corrected chi connectivity index (χ2v) is 2.55. The Labute approximate surface area is 71.8 Å². The van der Waals surface area contributed by atoms with Crippen LogP contribution in [-0.4, -0.2) is 20.2 Å². The Balaban J connectivity index is 2.83. The lowest BCUT2D eigenvalue weighted by Crippen LogP contribution is -2.06. The minimum Gasteiger partial charge on any atom is -0.339 e. The van der Waals surface area contributed by atoms with E-state index in [1.165, 1.54) is 6.20 Å². The number of nitrogens with zero attached hydrogens (tertiary/aromatic N) is 2. The van der Waals surface area contributed by atoms with Gasteiger partial charge in [-0.1, -0.05) is 0 Å². The third-order valence-corrected chi connectivity index (χ3v) is 1.74. The second-order valence-electron chi connectivity index (χ2n) is 2.28. The van der Waals surface area contributed by atoms with Crippen LogP contribution in [0, 0.1) is 0 Å². The predicted octanol–water partition coefficient (Wildman–Crippen LogP) is 0.385. The molecular weight excluding hydrogens is 180 g/mol. The van der Waals surface area contributed by atoms with Crippen molar-refractivity contribution in [3.8, 4) is 0 Å². The Morgan fingerprint density at radius 1 is 1.58 bits per heavy atom. The number of imidazole rings is 1. The highest BCUT2D eigenvalue weighted by Gasteiger charge is 2.04. The van der Waals surface area contributed by atoms with E-state index in [0.717, 1.165) is 0 Å². The summed E-state index contributed by atoms with van der Waals surface area (Å²) in [6.45, 7) is 0. The molecule has 0 aliphatic heterocycles. The van der Waals surface area contributed by atoms with Crippen LogP contribution < -0.4 is 5.56 Å². The summed E-state index contributed by atoms with van der Waals surface area (Å²) in [6, 6.07) is 0. The molecule has 0 aliphatic carbocycles. The Morgan fingerprint density at radius 3 is 3.08 bits per heavy atom. The summed E-state index contributed by atoms with van der Waals surface area (Å²) in [5.41, 5.74) is 0.648. The number of alkyl halides is 1. The number of rotatable bonds is 1. The predicted molar refractivity (Wildman–Crippen MR) is 44.1 cm³/mol. The summed E-state index contributed by atoms with van der Waals surface area (Å²) >= 11 is 5.52. The van der Waals surface area contributed by atoms with Gasteiger partial charge in [-0.25, -0.2) is 10.1 Å². The number of nitrogens with one attached hydrogen (secondary N) is 2. The molecule has 0 bridgehead atoms. The van der Waals surface area contributed by atoms with Crippen molar-refractivity contribution >= 4 is 22.6 Å². The van der Waals surface area contributed by atoms with E-state index in [1.54, 1.807) is 0 Å². The normalized spacial score (nSPS) is 10.8. The molecule has 2 heterocycles. The van der Waals surface area contributed by atoms with Gasteiger partial charge in [0.25, 0.3) is 5.56 Å². The molecule has 2 aromatic rings. The fourth-order valence-corrected chi connectivity index (χ4v) is 1.10. The van der Waals surface area contributed by atoms with Crippen molar-refractivity contribution in [2.45, 2.75) is 5.88 Å². The highest BCUT2D eigenvalue weighted by Crippen LogP contribution is 2.05. The quantitative estimate of drug-likeness (QED) is 0.630. The maximum Gasteiger partial charge on any atom is 0.292 e. The van der Waals surface area contributed by atoms with E-state index in [-0.39, 0.29) is 11.4 Å². The monoisotopic (exact) mass is 184 g/mol. The van der Waals surface area contributed by atoms with Gasteiger partial charge >= 0.3 is 0 Å². The molecule has 0 radical (unpaired) electrons. The Kier molecular flexibility index (Phi) is 1.58. The minimum absolute atomic E-state index is 0.258. The fourth-order valence-electron chi connectivity index (χ4n) is 0.976. The van der Waals surface area contributed by atoms with Crippen LogP contribution in [0.3, 0.4) is 0 Å². The zero-order valence-corrected chi connectivity index (χ0v) is 6.72. The average Bonchev–Trinajstić information content (AvgIpc) is 2.49. The molecule has 2 N–H and O–H groups in total. The van der Waals surface area contributed by atoms with Crippen molar-refractivity contribution < 1.29 is 0 Å². The zero-order valence-electron chi connectivity index (χ0n) is 5.97. The van der Waals surface area contributed by atoms with Crippen molar-refractivity contribution in [3.05, 3.63) is 22.4 Å². The van der Waals surface area contributed by atoms with E-state index >= 15 is 0 Å². The molecule has 62 valence electrons. The number of fused-ring (bicyclic) bond motifs is 1. The first-order valence-electron chi connectivity index (χ1n) is 3.29. The maximum absolute atomic E-state index is 11.1. The van der Waals surface area contributed by atoms with Gasteiger partial charge in [0.05, 0.1) is 17.6 Å². The molecule has 2 aromatic heterocycles. The van der Waals surface area contributed by atoms with Crippen LogP contribution in [0.25, 0.3) is 11.0 Å². The summed E-state index contributed by atoms with van der Waals surface area (Å²) in [5.74, 6) is 0.832. The van der Waals surface area contributed by atoms with Crippen LogP contribution in [0.4, 0.5) is 0 Å². The first-order valence-corrected chi connectivity index (χ1v) is 3.83. The first kappa shape index (κ1) is 7.30. The summed E-state index contributed by atoms with van der Waals surface area (Å²) in [5, 5.41) is 5.89. The topological polar surface area (TPSA) is 74.4 Å². The number of H-pyrrole nitrogens is 2. The molecule has 0 aliphatic rings. The highest BCUT2D eigenvalue weighted by molar-refractivity contribution is 6.16. The molecule has 0 atom stereocenters. The summed E-state index contributed by atoms with van der Waals surface area (Å²) in [7, 11) is 0. The van der Waals surface area contributed by atoms with Crippen molar-refractivity contribution in [1.29, 1.82) is 0 Å². The second kappa shape index (κ2) is 2.60. The van der Waals surface area contributed by atoms with Gasteiger partial charge in [-0.05, 0) is 0 Å². The van der Waals surface area contributed by atoms with Crippen LogP contribution in [0.1, 0.15) is 5.82 Å². The van der Waals surface area contributed by atoms with Crippen LogP contribution in [-0.2, 0) is 5.88 Å². The minimum atomic E-state index is -0.305. The van der Waals surface area contributed by atoms with Crippen LogP contribution in [0.2, 0.25) is 0 Å². The van der Waals surface area contributed by atoms with E-state index in [0.29, 0.717) is 16.9 Å². The molecule has 0 fully saturated rings. The lowest BCUT2D eigenvalue weighted by Gasteiger charge is -1.81. The average molecular weight is 185 g/mol. The standard InChI is InChI=1S/C6H5ClN4O/c7-1-4-9-3-2-8-11-6(12)5(3)10-4/h2H,1H2,(H,9,10)(H,11,12). The fraction of sp³-hybridized carbons (Fsp3) is 0.167. The highest BCUT2D eigenvalue weighted by atomic mass is 35.5. The number of hydrogen-bond donors (Lipinski definition) is 2. The van der Waals surface area contributed by atoms with E-state index in [4.69, 9.17) is 11.6 Å². The number of halogens is 1. The number of aromatic amines is 2. The molecule has 0 amide bonds. The van der Waals surface area contributed by atoms with Gasteiger partial charge in [0.15, 0.2) is 5.52 Å². The van der Waals surface area contributed by atoms with Gasteiger partial charge in [0.1, 0.15) is 5.82 Å². The molecular formula is C6H5ClN4O. The van der Waals surface area contributed by atoms with E-state index in [9.17, 15) is 4.79 Å². The summed E-state index contributed by atoms with van der Waals surface area (Å²) in [6.07, 6.45) is 1.50. The third kappa shape index (κ3) is 0.984. The van der Waals surface area contributed by atoms with Crippen molar-refractivity contribution in [1.82, 2.24) is 20.2 Å². The zero-order chi connectivity index (χ0) is 8.55. The summed E-state index contributed by atoms with van der Waals surface area (Å²) < 4.78 is 0. The van der Waals surface area contributed by atoms with Gasteiger partial charge < -0.3 is 4.98 Å². The Bertz CT molecular complexity index is 460. The molecule has 0 unspecified atom stereocenters. The van der Waals surface area contributed by atoms with E-state index in [1.807, 2.05) is 0 Å². The van der Waals surface area contributed by atoms with E-state index in [2.05, 4.69) is 20.2 Å². The molecule has 0 saturated carbocycles. The maximum atomic E-state index is 11.1. The van der Waals surface area contributed by atoms with Crippen molar-refractivity contribution in [3.63, 3.8) is 0 Å². The number of hydrogen-bond acceptors (Lipinski definition) is 3. The van der Waals surface area contributed by atoms with Gasteiger partial charge in [-0.15, -0.1) is 11.6 Å². The molecule has 0 saturated heterocycles. The van der Waals surface area contributed by atoms with Crippen LogP contribution in [0.5, 0.6) is 0 Å². The molecule has 12 heavy (non-hydrogen) atoms. The van der Waals surface area contributed by atoms with E-state index < -0.39 is 0 Å². The van der Waals surface area contributed by atoms with Crippen LogP contribution in [0.15, 0.2) is 11.0 Å². The molecule has 5 nitrogen and oxygen atoms in total. The molecule has 0 spiro atoms. The smallest absolute Gasteiger partial charge is 0.292 e.